The first kappa shape index (κ1) is 9.22. The quantitative estimate of drug-likeness (QED) is 0.551. The van der Waals surface area contributed by atoms with E-state index in [1.54, 1.807) is 0 Å². The molecule has 1 unspecified atom stereocenters. The predicted octanol–water partition coefficient (Wildman–Crippen LogP) is 0.135. The molecule has 1 saturated heterocycles. The van der Waals surface area contributed by atoms with E-state index in [2.05, 4.69) is 0 Å². The van der Waals surface area contributed by atoms with E-state index in [0.717, 1.165) is 0 Å². The highest BCUT2D eigenvalue weighted by atomic mass is 19.1. The van der Waals surface area contributed by atoms with Crippen LogP contribution >= 0.6 is 0 Å². The molecule has 1 aliphatic rings. The van der Waals surface area contributed by atoms with Gasteiger partial charge in [-0.2, -0.15) is 0 Å². The molecule has 0 aromatic carbocycles. The molecule has 1 amide bonds. The topological polar surface area (TPSA) is 37.4 Å². The van der Waals surface area contributed by atoms with Crippen LogP contribution in [-0.4, -0.2) is 44.1 Å². The number of hydrogen-bond donors (Lipinski definition) is 0. The van der Waals surface area contributed by atoms with E-state index in [9.17, 15) is 14.0 Å². The Kier molecular flexibility index (Phi) is 2.84. The molecular weight excluding hydrogens is 160 g/mol. The Hall–Kier alpha value is -0.865. The third kappa shape index (κ3) is 1.84. The van der Waals surface area contributed by atoms with Gasteiger partial charge in [-0.15, -0.1) is 0 Å². The number of halogens is 1. The van der Waals surface area contributed by atoms with Crippen LogP contribution in [0.3, 0.4) is 0 Å². The van der Waals surface area contributed by atoms with Gasteiger partial charge in [0.2, 0.25) is 7.85 Å². The summed E-state index contributed by atoms with van der Waals surface area (Å²) in [7, 11) is 4.98. The van der Waals surface area contributed by atoms with Crippen LogP contribution in [0, 0.1) is 5.92 Å². The summed E-state index contributed by atoms with van der Waals surface area (Å²) in [6.45, 7) is -0.207. The molecule has 1 heterocycles. The molecule has 1 rings (SSSR count). The number of Topliss-reactive ketones (excluding diaryl/α,β-unsaturated/α-hetero) is 1. The van der Waals surface area contributed by atoms with Gasteiger partial charge >= 0.3 is 0 Å². The third-order valence-corrected chi connectivity index (χ3v) is 2.09. The second-order valence-electron chi connectivity index (χ2n) is 2.87. The Morgan fingerprint density at radius 3 is 2.67 bits per heavy atom. The standard InChI is InChI=1S/C7H9BFNO2/c8-7(12)10-2-1-5(4-10)6(11)3-9/h5H,1-4H2. The fourth-order valence-electron chi connectivity index (χ4n) is 1.33. The van der Waals surface area contributed by atoms with Gasteiger partial charge in [0.15, 0.2) is 11.6 Å². The van der Waals surface area contributed by atoms with E-state index in [-0.39, 0.29) is 12.5 Å². The Labute approximate surface area is 71.3 Å². The first-order valence-electron chi connectivity index (χ1n) is 3.78. The molecule has 0 spiro atoms. The summed E-state index contributed by atoms with van der Waals surface area (Å²) in [5, 5.41) is 0. The maximum atomic E-state index is 11.9. The summed E-state index contributed by atoms with van der Waals surface area (Å²) in [6.07, 6.45) is 0.533. The highest BCUT2D eigenvalue weighted by Gasteiger charge is 2.28. The van der Waals surface area contributed by atoms with Gasteiger partial charge in [-0.1, -0.05) is 0 Å². The smallest absolute Gasteiger partial charge is 0.200 e. The lowest BCUT2D eigenvalue weighted by atomic mass is 10.0. The Balaban J connectivity index is 2.45. The van der Waals surface area contributed by atoms with Crippen LogP contribution in [0.25, 0.3) is 0 Å². The number of nitrogens with zero attached hydrogens (tertiary/aromatic N) is 1. The van der Waals surface area contributed by atoms with Crippen LogP contribution in [0.1, 0.15) is 6.42 Å². The summed E-state index contributed by atoms with van der Waals surface area (Å²) < 4.78 is 11.9. The summed E-state index contributed by atoms with van der Waals surface area (Å²) in [6, 6.07) is 0. The number of rotatable bonds is 2. The van der Waals surface area contributed by atoms with Gasteiger partial charge < -0.3 is 4.90 Å². The molecule has 1 aliphatic heterocycles. The van der Waals surface area contributed by atoms with Crippen molar-refractivity contribution in [2.24, 2.45) is 5.92 Å². The molecule has 0 aromatic rings. The third-order valence-electron chi connectivity index (χ3n) is 2.09. The van der Waals surface area contributed by atoms with E-state index in [1.165, 1.54) is 4.90 Å². The second kappa shape index (κ2) is 3.69. The van der Waals surface area contributed by atoms with Crippen LogP contribution in [0.15, 0.2) is 0 Å². The molecule has 0 aliphatic carbocycles. The maximum Gasteiger partial charge on any atom is 0.200 e. The molecular formula is C7H9BFNO2. The van der Waals surface area contributed by atoms with Crippen molar-refractivity contribution in [3.63, 3.8) is 0 Å². The Morgan fingerprint density at radius 1 is 1.58 bits per heavy atom. The largest absolute Gasteiger partial charge is 0.352 e. The van der Waals surface area contributed by atoms with Gasteiger partial charge in [0, 0.05) is 19.0 Å². The van der Waals surface area contributed by atoms with Gasteiger partial charge in [-0.25, -0.2) is 4.39 Å². The van der Waals surface area contributed by atoms with Crippen LogP contribution in [0.2, 0.25) is 0 Å². The first-order valence-corrected chi connectivity index (χ1v) is 3.78. The van der Waals surface area contributed by atoms with Gasteiger partial charge in [-0.05, 0) is 6.42 Å². The van der Waals surface area contributed by atoms with Crippen LogP contribution in [0.4, 0.5) is 9.18 Å². The van der Waals surface area contributed by atoms with Crippen molar-refractivity contribution in [1.29, 1.82) is 0 Å². The minimum Gasteiger partial charge on any atom is -0.352 e. The minimum atomic E-state index is -0.947. The molecule has 12 heavy (non-hydrogen) atoms. The zero-order valence-corrected chi connectivity index (χ0v) is 6.62. The highest BCUT2D eigenvalue weighted by Crippen LogP contribution is 2.16. The average Bonchev–Trinajstić information content (AvgIpc) is 2.51. The fraction of sp³-hybridized carbons (Fsp3) is 0.714. The number of carbonyl (C=O) groups is 2. The predicted molar refractivity (Wildman–Crippen MR) is 41.8 cm³/mol. The molecule has 0 saturated carbocycles. The average molecular weight is 169 g/mol. The zero-order valence-electron chi connectivity index (χ0n) is 6.62. The Morgan fingerprint density at radius 2 is 2.25 bits per heavy atom. The monoisotopic (exact) mass is 169 g/mol. The van der Waals surface area contributed by atoms with Crippen molar-refractivity contribution < 1.29 is 14.0 Å². The molecule has 1 fully saturated rings. The minimum absolute atomic E-state index is 0.276. The van der Waals surface area contributed by atoms with E-state index in [1.807, 2.05) is 0 Å². The van der Waals surface area contributed by atoms with Gasteiger partial charge in [-0.3, -0.25) is 9.59 Å². The number of alkyl halides is 1. The van der Waals surface area contributed by atoms with Gasteiger partial charge in [0.1, 0.15) is 6.67 Å². The summed E-state index contributed by atoms with van der Waals surface area (Å²) in [4.78, 5) is 22.8. The lowest BCUT2D eigenvalue weighted by Crippen LogP contribution is -2.28. The maximum absolute atomic E-state index is 11.9. The molecule has 0 aromatic heterocycles. The van der Waals surface area contributed by atoms with Crippen molar-refractivity contribution in [1.82, 2.24) is 4.90 Å². The number of ketones is 1. The second-order valence-corrected chi connectivity index (χ2v) is 2.87. The molecule has 1 atom stereocenters. The normalized spacial score (nSPS) is 22.8. The van der Waals surface area contributed by atoms with E-state index >= 15 is 0 Å². The Bertz CT molecular complexity index is 210. The van der Waals surface area contributed by atoms with Crippen molar-refractivity contribution >= 4 is 19.4 Å². The van der Waals surface area contributed by atoms with Gasteiger partial charge in [0.05, 0.1) is 0 Å². The molecule has 0 N–H and O–H groups in total. The lowest BCUT2D eigenvalue weighted by molar-refractivity contribution is -0.123. The zero-order chi connectivity index (χ0) is 9.14. The lowest BCUT2D eigenvalue weighted by Gasteiger charge is -2.13. The number of hydrogen-bond acceptors (Lipinski definition) is 2. The summed E-state index contributed by atoms with van der Waals surface area (Å²) >= 11 is 0. The summed E-state index contributed by atoms with van der Waals surface area (Å²) in [5.74, 6) is -1.31. The number of amides is 1. The van der Waals surface area contributed by atoms with Crippen molar-refractivity contribution in [2.45, 2.75) is 6.42 Å². The van der Waals surface area contributed by atoms with Crippen LogP contribution < -0.4 is 0 Å². The van der Waals surface area contributed by atoms with Crippen molar-refractivity contribution in [3.05, 3.63) is 0 Å². The van der Waals surface area contributed by atoms with Crippen LogP contribution in [-0.2, 0) is 4.79 Å². The molecule has 5 heteroatoms. The molecule has 2 radical (unpaired) electrons. The number of likely N-dealkylation sites (tertiary alicyclic amines) is 1. The summed E-state index contributed by atoms with van der Waals surface area (Å²) in [5.41, 5.74) is 0. The number of carbonyl (C=O) groups excluding carboxylic acids is 2. The van der Waals surface area contributed by atoms with Crippen molar-refractivity contribution in [3.8, 4) is 0 Å². The highest BCUT2D eigenvalue weighted by molar-refractivity contribution is 6.56. The van der Waals surface area contributed by atoms with E-state index in [0.29, 0.717) is 13.0 Å². The van der Waals surface area contributed by atoms with E-state index < -0.39 is 18.3 Å². The molecule has 3 nitrogen and oxygen atoms in total. The first-order chi connectivity index (χ1) is 5.65. The molecule has 64 valence electrons. The fourth-order valence-corrected chi connectivity index (χ4v) is 1.33. The van der Waals surface area contributed by atoms with E-state index in [4.69, 9.17) is 7.85 Å². The van der Waals surface area contributed by atoms with Crippen molar-refractivity contribution in [2.75, 3.05) is 19.8 Å². The van der Waals surface area contributed by atoms with Crippen LogP contribution in [0.5, 0.6) is 0 Å². The molecule has 0 bridgehead atoms. The SMILES string of the molecule is [B]C(=O)N1CCC(C(=O)CF)C1. The van der Waals surface area contributed by atoms with Gasteiger partial charge in [0.25, 0.3) is 0 Å².